The van der Waals surface area contributed by atoms with Crippen LogP contribution in [0, 0.1) is 0 Å². The molecule has 0 aliphatic rings. The molecule has 0 aromatic heterocycles. The Kier molecular flexibility index (Phi) is 5.72. The number of carbonyl (C=O) groups is 1. The molecule has 0 saturated carbocycles. The minimum absolute atomic E-state index is 0.132. The van der Waals surface area contributed by atoms with Crippen molar-refractivity contribution < 1.29 is 19.4 Å². The summed E-state index contributed by atoms with van der Waals surface area (Å²) in [6.07, 6.45) is 2.55. The van der Waals surface area contributed by atoms with Crippen LogP contribution >= 0.6 is 15.9 Å². The second kappa shape index (κ2) is 7.09. The van der Waals surface area contributed by atoms with Crippen LogP contribution < -0.4 is 4.74 Å². The minimum atomic E-state index is -0.999. The lowest BCUT2D eigenvalue weighted by Crippen LogP contribution is -2.03. The van der Waals surface area contributed by atoms with Gasteiger partial charge in [0, 0.05) is 18.2 Å². The van der Waals surface area contributed by atoms with Crippen LogP contribution in [0.2, 0.25) is 0 Å². The highest BCUT2D eigenvalue weighted by atomic mass is 79.9. The fraction of sp³-hybridized carbons (Fsp3) is 0.250. The van der Waals surface area contributed by atoms with Crippen LogP contribution in [0.25, 0.3) is 6.08 Å². The third kappa shape index (κ3) is 4.58. The molecule has 4 nitrogen and oxygen atoms in total. The van der Waals surface area contributed by atoms with E-state index in [2.05, 4.69) is 15.9 Å². The van der Waals surface area contributed by atoms with Gasteiger partial charge in [0.1, 0.15) is 5.75 Å². The monoisotopic (exact) mass is 300 g/mol. The standard InChI is InChI=1S/C12H13BrO4/c1-2-16-8-17-12-9(6-7-11(14)15)4-3-5-10(12)13/h3-7H,2,8H2,1H3,(H,14,15). The molecule has 0 heterocycles. The predicted octanol–water partition coefficient (Wildman–Crippen LogP) is 2.92. The number of carboxylic acid groups (broad SMARTS) is 1. The van der Waals surface area contributed by atoms with Crippen molar-refractivity contribution in [3.63, 3.8) is 0 Å². The fourth-order valence-corrected chi connectivity index (χ4v) is 1.65. The number of hydrogen-bond acceptors (Lipinski definition) is 3. The number of benzene rings is 1. The summed E-state index contributed by atoms with van der Waals surface area (Å²) in [5.74, 6) is -0.431. The summed E-state index contributed by atoms with van der Waals surface area (Å²) in [4.78, 5) is 10.5. The second-order valence-electron chi connectivity index (χ2n) is 3.08. The van der Waals surface area contributed by atoms with E-state index in [1.807, 2.05) is 13.0 Å². The molecule has 0 aliphatic heterocycles. The first-order valence-corrected chi connectivity index (χ1v) is 5.84. The van der Waals surface area contributed by atoms with E-state index in [1.165, 1.54) is 6.08 Å². The molecule has 17 heavy (non-hydrogen) atoms. The number of halogens is 1. The summed E-state index contributed by atoms with van der Waals surface area (Å²) in [5.41, 5.74) is 0.682. The van der Waals surface area contributed by atoms with Crippen LogP contribution in [-0.4, -0.2) is 24.5 Å². The number of aliphatic carboxylic acids is 1. The highest BCUT2D eigenvalue weighted by Gasteiger charge is 2.06. The molecule has 5 heteroatoms. The van der Waals surface area contributed by atoms with Gasteiger partial charge in [-0.2, -0.15) is 0 Å². The van der Waals surface area contributed by atoms with Gasteiger partial charge in [0.25, 0.3) is 0 Å². The van der Waals surface area contributed by atoms with Gasteiger partial charge in [-0.25, -0.2) is 4.79 Å². The van der Waals surface area contributed by atoms with Gasteiger partial charge in [0.05, 0.1) is 4.47 Å². The molecule has 1 aromatic rings. The largest absolute Gasteiger partial charge is 0.478 e. The van der Waals surface area contributed by atoms with Gasteiger partial charge in [-0.1, -0.05) is 12.1 Å². The Bertz CT molecular complexity index is 415. The molecular formula is C12H13BrO4. The van der Waals surface area contributed by atoms with Gasteiger partial charge < -0.3 is 14.6 Å². The summed E-state index contributed by atoms with van der Waals surface area (Å²) >= 11 is 3.34. The molecule has 0 unspecified atom stereocenters. The topological polar surface area (TPSA) is 55.8 Å². The van der Waals surface area contributed by atoms with Crippen LogP contribution in [0.3, 0.4) is 0 Å². The van der Waals surface area contributed by atoms with Gasteiger partial charge in [0.15, 0.2) is 6.79 Å². The zero-order chi connectivity index (χ0) is 12.7. The summed E-state index contributed by atoms with van der Waals surface area (Å²) in [6.45, 7) is 2.56. The molecule has 1 N–H and O–H groups in total. The number of rotatable bonds is 6. The van der Waals surface area contributed by atoms with Crippen molar-refractivity contribution in [2.45, 2.75) is 6.92 Å². The van der Waals surface area contributed by atoms with Crippen LogP contribution in [0.5, 0.6) is 5.75 Å². The zero-order valence-electron chi connectivity index (χ0n) is 9.35. The van der Waals surface area contributed by atoms with Crippen molar-refractivity contribution in [3.05, 3.63) is 34.3 Å². The summed E-state index contributed by atoms with van der Waals surface area (Å²) in [6, 6.07) is 5.39. The van der Waals surface area contributed by atoms with Crippen molar-refractivity contribution in [1.29, 1.82) is 0 Å². The summed E-state index contributed by atoms with van der Waals surface area (Å²) in [5, 5.41) is 8.59. The Morgan fingerprint density at radius 1 is 1.53 bits per heavy atom. The number of ether oxygens (including phenoxy) is 2. The first-order valence-electron chi connectivity index (χ1n) is 5.05. The van der Waals surface area contributed by atoms with Crippen molar-refractivity contribution in [3.8, 4) is 5.75 Å². The minimum Gasteiger partial charge on any atom is -0.478 e. The Hall–Kier alpha value is -1.33. The Morgan fingerprint density at radius 2 is 2.29 bits per heavy atom. The van der Waals surface area contributed by atoms with E-state index in [0.717, 1.165) is 10.5 Å². The van der Waals surface area contributed by atoms with Crippen molar-refractivity contribution >= 4 is 28.0 Å². The van der Waals surface area contributed by atoms with E-state index in [4.69, 9.17) is 14.6 Å². The van der Waals surface area contributed by atoms with E-state index in [9.17, 15) is 4.79 Å². The van der Waals surface area contributed by atoms with E-state index in [1.54, 1.807) is 12.1 Å². The highest BCUT2D eigenvalue weighted by molar-refractivity contribution is 9.10. The van der Waals surface area contributed by atoms with E-state index < -0.39 is 5.97 Å². The predicted molar refractivity (Wildman–Crippen MR) is 67.9 cm³/mol. The molecule has 0 aliphatic carbocycles. The maximum Gasteiger partial charge on any atom is 0.328 e. The first-order chi connectivity index (χ1) is 8.15. The molecule has 1 aromatic carbocycles. The van der Waals surface area contributed by atoms with Gasteiger partial charge in [0.2, 0.25) is 0 Å². The Labute approximate surface area is 108 Å². The Balaban J connectivity index is 2.87. The van der Waals surface area contributed by atoms with Crippen molar-refractivity contribution in [2.24, 2.45) is 0 Å². The third-order valence-electron chi connectivity index (χ3n) is 1.89. The number of para-hydroxylation sites is 1. The SMILES string of the molecule is CCOCOc1c(Br)cccc1C=CC(=O)O. The lowest BCUT2D eigenvalue weighted by atomic mass is 10.2. The lowest BCUT2D eigenvalue weighted by molar-refractivity contribution is -0.131. The van der Waals surface area contributed by atoms with Gasteiger partial charge in [-0.3, -0.25) is 0 Å². The average molecular weight is 301 g/mol. The first kappa shape index (κ1) is 13.7. The molecule has 0 spiro atoms. The van der Waals surface area contributed by atoms with Crippen LogP contribution in [0.1, 0.15) is 12.5 Å². The Morgan fingerprint density at radius 3 is 2.94 bits per heavy atom. The molecule has 0 radical (unpaired) electrons. The second-order valence-corrected chi connectivity index (χ2v) is 3.94. The van der Waals surface area contributed by atoms with E-state index in [0.29, 0.717) is 17.9 Å². The third-order valence-corrected chi connectivity index (χ3v) is 2.52. The summed E-state index contributed by atoms with van der Waals surface area (Å²) in [7, 11) is 0. The highest BCUT2D eigenvalue weighted by Crippen LogP contribution is 2.30. The van der Waals surface area contributed by atoms with Crippen LogP contribution in [-0.2, 0) is 9.53 Å². The molecule has 0 fully saturated rings. The van der Waals surface area contributed by atoms with Gasteiger partial charge >= 0.3 is 5.97 Å². The van der Waals surface area contributed by atoms with Crippen LogP contribution in [0.4, 0.5) is 0 Å². The van der Waals surface area contributed by atoms with Crippen molar-refractivity contribution in [2.75, 3.05) is 13.4 Å². The number of carboxylic acids is 1. The van der Waals surface area contributed by atoms with E-state index in [-0.39, 0.29) is 6.79 Å². The molecule has 92 valence electrons. The van der Waals surface area contributed by atoms with Gasteiger partial charge in [-0.15, -0.1) is 0 Å². The fourth-order valence-electron chi connectivity index (χ4n) is 1.15. The van der Waals surface area contributed by atoms with Crippen LogP contribution in [0.15, 0.2) is 28.7 Å². The quantitative estimate of drug-likeness (QED) is 0.498. The zero-order valence-corrected chi connectivity index (χ0v) is 10.9. The van der Waals surface area contributed by atoms with E-state index >= 15 is 0 Å². The normalized spacial score (nSPS) is 10.7. The molecule has 1 rings (SSSR count). The molecule has 0 amide bonds. The average Bonchev–Trinajstić information content (AvgIpc) is 2.29. The molecule has 0 saturated heterocycles. The smallest absolute Gasteiger partial charge is 0.328 e. The molecule has 0 bridgehead atoms. The molecule has 0 atom stereocenters. The maximum absolute atomic E-state index is 10.5. The summed E-state index contributed by atoms with van der Waals surface area (Å²) < 4.78 is 11.3. The van der Waals surface area contributed by atoms with Gasteiger partial charge in [-0.05, 0) is 35.0 Å². The molecular weight excluding hydrogens is 288 g/mol. The maximum atomic E-state index is 10.5. The lowest BCUT2D eigenvalue weighted by Gasteiger charge is -2.10. The number of hydrogen-bond donors (Lipinski definition) is 1. The van der Waals surface area contributed by atoms with Crippen molar-refractivity contribution in [1.82, 2.24) is 0 Å².